The summed E-state index contributed by atoms with van der Waals surface area (Å²) in [6.45, 7) is 5.43. The first-order chi connectivity index (χ1) is 10.2. The van der Waals surface area contributed by atoms with Crippen molar-refractivity contribution >= 4 is 17.6 Å². The van der Waals surface area contributed by atoms with Crippen LogP contribution in [0.25, 0.3) is 0 Å². The number of halogens is 1. The lowest BCUT2D eigenvalue weighted by atomic mass is 9.74. The van der Waals surface area contributed by atoms with E-state index in [2.05, 4.69) is 34.7 Å². The molecule has 1 saturated heterocycles. The molecule has 5 heteroatoms. The number of nitrogens with zero attached hydrogens (tertiary/aromatic N) is 1. The largest absolute Gasteiger partial charge is 0.381 e. The van der Waals surface area contributed by atoms with E-state index in [9.17, 15) is 0 Å². The quantitative estimate of drug-likeness (QED) is 0.901. The fourth-order valence-corrected chi connectivity index (χ4v) is 3.25. The van der Waals surface area contributed by atoms with Crippen LogP contribution in [0.3, 0.4) is 0 Å². The summed E-state index contributed by atoms with van der Waals surface area (Å²) in [6, 6.07) is 8.63. The zero-order chi connectivity index (χ0) is 14.7. The fourth-order valence-electron chi connectivity index (χ4n) is 3.06. The number of nitrogens with one attached hydrogen (secondary N) is 2. The second kappa shape index (κ2) is 6.24. The van der Waals surface area contributed by atoms with Crippen LogP contribution in [-0.2, 0) is 10.2 Å². The lowest BCUT2D eigenvalue weighted by Crippen LogP contribution is -2.47. The van der Waals surface area contributed by atoms with Crippen LogP contribution in [0.2, 0.25) is 5.02 Å². The summed E-state index contributed by atoms with van der Waals surface area (Å²) in [4.78, 5) is 4.48. The third-order valence-corrected chi connectivity index (χ3v) is 4.62. The van der Waals surface area contributed by atoms with Crippen molar-refractivity contribution in [3.8, 4) is 0 Å². The van der Waals surface area contributed by atoms with Crippen LogP contribution in [0, 0.1) is 0 Å². The van der Waals surface area contributed by atoms with Crippen LogP contribution in [-0.4, -0.2) is 38.3 Å². The molecule has 3 rings (SSSR count). The lowest BCUT2D eigenvalue weighted by molar-refractivity contribution is 0.0514. The van der Waals surface area contributed by atoms with Crippen LogP contribution < -0.4 is 10.6 Å². The maximum absolute atomic E-state index is 6.18. The molecule has 21 heavy (non-hydrogen) atoms. The van der Waals surface area contributed by atoms with E-state index in [-0.39, 0.29) is 5.41 Å². The number of guanidine groups is 1. The second-order valence-corrected chi connectivity index (χ2v) is 6.43. The summed E-state index contributed by atoms with van der Waals surface area (Å²) >= 11 is 6.18. The monoisotopic (exact) mass is 307 g/mol. The Kier molecular flexibility index (Phi) is 4.36. The van der Waals surface area contributed by atoms with Gasteiger partial charge in [-0.25, -0.2) is 0 Å². The molecule has 0 saturated carbocycles. The summed E-state index contributed by atoms with van der Waals surface area (Å²) in [5.74, 6) is 0.912. The molecule has 1 atom stereocenters. The average Bonchev–Trinajstić information content (AvgIpc) is 2.92. The number of ether oxygens (including phenoxy) is 1. The van der Waals surface area contributed by atoms with Gasteiger partial charge in [-0.15, -0.1) is 0 Å². The highest BCUT2D eigenvalue weighted by Gasteiger charge is 2.35. The minimum atomic E-state index is 0.0686. The summed E-state index contributed by atoms with van der Waals surface area (Å²) in [6.07, 6.45) is 2.01. The van der Waals surface area contributed by atoms with Gasteiger partial charge in [0.2, 0.25) is 0 Å². The molecule has 1 fully saturated rings. The van der Waals surface area contributed by atoms with Gasteiger partial charge in [-0.1, -0.05) is 23.7 Å². The highest BCUT2D eigenvalue weighted by molar-refractivity contribution is 6.30. The van der Waals surface area contributed by atoms with Gasteiger partial charge in [-0.2, -0.15) is 0 Å². The van der Waals surface area contributed by atoms with Gasteiger partial charge in [0.25, 0.3) is 0 Å². The zero-order valence-corrected chi connectivity index (χ0v) is 13.1. The second-order valence-electron chi connectivity index (χ2n) is 5.99. The standard InChI is InChI=1S/C16H22ClN3O/c1-12-10-18-15(20-12)19-11-16(5-7-21-8-6-16)13-3-2-4-14(17)9-13/h2-4,9,12H,5-8,10-11H2,1H3,(H2,18,19,20). The first-order valence-electron chi connectivity index (χ1n) is 7.57. The Morgan fingerprint density at radius 1 is 1.43 bits per heavy atom. The summed E-state index contributed by atoms with van der Waals surface area (Å²) in [7, 11) is 0. The van der Waals surface area contributed by atoms with Gasteiger partial charge >= 0.3 is 0 Å². The molecule has 2 aliphatic rings. The Balaban J connectivity index is 1.77. The van der Waals surface area contributed by atoms with E-state index in [1.165, 1.54) is 5.56 Å². The topological polar surface area (TPSA) is 45.7 Å². The Bertz CT molecular complexity index is 526. The van der Waals surface area contributed by atoms with Crippen LogP contribution >= 0.6 is 11.6 Å². The van der Waals surface area contributed by atoms with Crippen molar-refractivity contribution in [2.45, 2.75) is 31.2 Å². The van der Waals surface area contributed by atoms with Gasteiger partial charge in [0.1, 0.15) is 0 Å². The molecule has 114 valence electrons. The summed E-state index contributed by atoms with van der Waals surface area (Å²) in [5.41, 5.74) is 1.36. The predicted octanol–water partition coefficient (Wildman–Crippen LogP) is 2.33. The summed E-state index contributed by atoms with van der Waals surface area (Å²) in [5, 5.41) is 7.63. The molecule has 2 aliphatic heterocycles. The molecule has 2 N–H and O–H groups in total. The minimum Gasteiger partial charge on any atom is -0.381 e. The Hall–Kier alpha value is -1.26. The normalized spacial score (nSPS) is 24.3. The van der Waals surface area contributed by atoms with Crippen molar-refractivity contribution in [1.29, 1.82) is 0 Å². The fraction of sp³-hybridized carbons (Fsp3) is 0.562. The van der Waals surface area contributed by atoms with Crippen molar-refractivity contribution in [3.05, 3.63) is 34.9 Å². The molecule has 0 spiro atoms. The SMILES string of the molecule is CC1CN=C(NCC2(c3cccc(Cl)c3)CCOCC2)N1. The van der Waals surface area contributed by atoms with Crippen molar-refractivity contribution in [2.24, 2.45) is 4.99 Å². The third kappa shape index (κ3) is 3.33. The Morgan fingerprint density at radius 2 is 2.24 bits per heavy atom. The molecule has 0 bridgehead atoms. The maximum Gasteiger partial charge on any atom is 0.191 e. The number of benzene rings is 1. The number of hydrogen-bond acceptors (Lipinski definition) is 4. The molecule has 2 heterocycles. The lowest BCUT2D eigenvalue weighted by Gasteiger charge is -2.38. The van der Waals surface area contributed by atoms with Crippen LogP contribution in [0.1, 0.15) is 25.3 Å². The predicted molar refractivity (Wildman–Crippen MR) is 86.1 cm³/mol. The average molecular weight is 308 g/mol. The van der Waals surface area contributed by atoms with Gasteiger partial charge < -0.3 is 15.4 Å². The van der Waals surface area contributed by atoms with Gasteiger partial charge in [-0.05, 0) is 37.5 Å². The van der Waals surface area contributed by atoms with Gasteiger partial charge in [-0.3, -0.25) is 4.99 Å². The van der Waals surface area contributed by atoms with E-state index >= 15 is 0 Å². The van der Waals surface area contributed by atoms with Gasteiger partial charge in [0, 0.05) is 36.2 Å². The van der Waals surface area contributed by atoms with Crippen molar-refractivity contribution in [3.63, 3.8) is 0 Å². The van der Waals surface area contributed by atoms with E-state index in [1.54, 1.807) is 0 Å². The Labute approximate surface area is 130 Å². The Morgan fingerprint density at radius 3 is 2.90 bits per heavy atom. The highest BCUT2D eigenvalue weighted by atomic mass is 35.5. The van der Waals surface area contributed by atoms with Crippen molar-refractivity contribution in [1.82, 2.24) is 10.6 Å². The molecule has 4 nitrogen and oxygen atoms in total. The maximum atomic E-state index is 6.18. The molecule has 1 unspecified atom stereocenters. The van der Waals surface area contributed by atoms with Crippen LogP contribution in [0.4, 0.5) is 0 Å². The van der Waals surface area contributed by atoms with Crippen LogP contribution in [0.15, 0.2) is 29.3 Å². The molecule has 1 aromatic rings. The van der Waals surface area contributed by atoms with Crippen molar-refractivity contribution in [2.75, 3.05) is 26.3 Å². The first-order valence-corrected chi connectivity index (χ1v) is 7.94. The first kappa shape index (κ1) is 14.7. The number of hydrogen-bond donors (Lipinski definition) is 2. The molecular formula is C16H22ClN3O. The highest BCUT2D eigenvalue weighted by Crippen LogP contribution is 2.35. The van der Waals surface area contributed by atoms with E-state index in [0.29, 0.717) is 6.04 Å². The number of rotatable bonds is 3. The molecule has 0 aliphatic carbocycles. The van der Waals surface area contributed by atoms with Gasteiger partial charge in [0.15, 0.2) is 5.96 Å². The molecule has 0 radical (unpaired) electrons. The van der Waals surface area contributed by atoms with Crippen molar-refractivity contribution < 1.29 is 4.74 Å². The molecule has 0 amide bonds. The van der Waals surface area contributed by atoms with E-state index in [1.807, 2.05) is 12.1 Å². The third-order valence-electron chi connectivity index (χ3n) is 4.39. The minimum absolute atomic E-state index is 0.0686. The van der Waals surface area contributed by atoms with Crippen LogP contribution in [0.5, 0.6) is 0 Å². The van der Waals surface area contributed by atoms with Gasteiger partial charge in [0.05, 0.1) is 6.54 Å². The summed E-state index contributed by atoms with van der Waals surface area (Å²) < 4.78 is 5.56. The number of aliphatic imine (C=N–C) groups is 1. The van der Waals surface area contributed by atoms with E-state index < -0.39 is 0 Å². The molecule has 0 aromatic heterocycles. The smallest absolute Gasteiger partial charge is 0.191 e. The van der Waals surface area contributed by atoms with E-state index in [0.717, 1.165) is 50.1 Å². The molecular weight excluding hydrogens is 286 g/mol. The molecule has 1 aromatic carbocycles. The van der Waals surface area contributed by atoms with E-state index in [4.69, 9.17) is 16.3 Å². The zero-order valence-electron chi connectivity index (χ0n) is 12.4.